The van der Waals surface area contributed by atoms with E-state index >= 15 is 0 Å². The molecule has 0 saturated carbocycles. The Morgan fingerprint density at radius 2 is 1.36 bits per heavy atom. The first-order valence-corrected chi connectivity index (χ1v) is 12.1. The fourth-order valence-corrected chi connectivity index (χ4v) is 8.20. The molecule has 2 nitrogen and oxygen atoms in total. The molecule has 28 heavy (non-hydrogen) atoms. The summed E-state index contributed by atoms with van der Waals surface area (Å²) in [5, 5.41) is 14.3. The summed E-state index contributed by atoms with van der Waals surface area (Å²) in [5.41, 5.74) is 0. The summed E-state index contributed by atoms with van der Waals surface area (Å²) < 4.78 is 6.25. The van der Waals surface area contributed by atoms with Crippen LogP contribution in [0.3, 0.4) is 0 Å². The average molecular weight is 393 g/mol. The molecule has 0 spiro atoms. The fraction of sp³-hybridized carbons (Fsp3) is 0.280. The second-order valence-corrected chi connectivity index (χ2v) is 10.7. The number of hydrogen-bond acceptors (Lipinski definition) is 2. The van der Waals surface area contributed by atoms with Crippen molar-refractivity contribution in [2.24, 2.45) is 0 Å². The number of aliphatic hydroxyl groups excluding tert-OH is 1. The molecular weight excluding hydrogens is 363 g/mol. The molecular formula is C25H30O2P+. The highest BCUT2D eigenvalue weighted by Crippen LogP contribution is 2.57. The SMILES string of the molecule is CCCCOc1ccccc1[P+](CC(C)O)(c1ccccc1)c1ccccc1. The van der Waals surface area contributed by atoms with Crippen LogP contribution in [-0.4, -0.2) is 24.0 Å². The molecule has 0 amide bonds. The van der Waals surface area contributed by atoms with Gasteiger partial charge >= 0.3 is 0 Å². The molecule has 146 valence electrons. The van der Waals surface area contributed by atoms with Gasteiger partial charge in [-0.05, 0) is 49.7 Å². The van der Waals surface area contributed by atoms with E-state index in [1.807, 2.05) is 13.0 Å². The first-order valence-electron chi connectivity index (χ1n) is 10.1. The third kappa shape index (κ3) is 4.46. The maximum absolute atomic E-state index is 10.6. The number of unbranched alkanes of at least 4 members (excludes halogenated alkanes) is 1. The van der Waals surface area contributed by atoms with Gasteiger partial charge in [0.2, 0.25) is 0 Å². The minimum Gasteiger partial charge on any atom is -0.489 e. The Morgan fingerprint density at radius 1 is 0.821 bits per heavy atom. The summed E-state index contributed by atoms with van der Waals surface area (Å²) in [6.07, 6.45) is 2.41. The Kier molecular flexibility index (Phi) is 7.25. The van der Waals surface area contributed by atoms with Crippen molar-refractivity contribution >= 4 is 23.2 Å². The highest BCUT2D eigenvalue weighted by atomic mass is 31.2. The van der Waals surface area contributed by atoms with E-state index in [1.54, 1.807) is 0 Å². The molecule has 3 aromatic carbocycles. The van der Waals surface area contributed by atoms with Crippen molar-refractivity contribution in [2.75, 3.05) is 12.8 Å². The third-order valence-corrected chi connectivity index (χ3v) is 9.59. The van der Waals surface area contributed by atoms with Crippen molar-refractivity contribution in [1.82, 2.24) is 0 Å². The summed E-state index contributed by atoms with van der Waals surface area (Å²) in [6.45, 7) is 4.78. The molecule has 0 saturated heterocycles. The highest BCUT2D eigenvalue weighted by molar-refractivity contribution is 7.95. The predicted molar refractivity (Wildman–Crippen MR) is 122 cm³/mol. The smallest absolute Gasteiger partial charge is 0.162 e. The van der Waals surface area contributed by atoms with Gasteiger partial charge < -0.3 is 9.84 Å². The van der Waals surface area contributed by atoms with E-state index in [2.05, 4.69) is 85.8 Å². The van der Waals surface area contributed by atoms with E-state index in [9.17, 15) is 5.11 Å². The highest BCUT2D eigenvalue weighted by Gasteiger charge is 2.48. The summed E-state index contributed by atoms with van der Waals surface area (Å²) >= 11 is 0. The van der Waals surface area contributed by atoms with E-state index in [1.165, 1.54) is 15.9 Å². The molecule has 1 atom stereocenters. The fourth-order valence-electron chi connectivity index (χ4n) is 3.72. The van der Waals surface area contributed by atoms with Gasteiger partial charge in [0.25, 0.3) is 0 Å². The molecule has 3 aromatic rings. The van der Waals surface area contributed by atoms with Crippen molar-refractivity contribution in [3.8, 4) is 5.75 Å². The molecule has 0 bridgehead atoms. The quantitative estimate of drug-likeness (QED) is 0.427. The molecule has 0 aromatic heterocycles. The Bertz CT molecular complexity index is 807. The second-order valence-electron chi connectivity index (χ2n) is 7.18. The predicted octanol–water partition coefficient (Wildman–Crippen LogP) is 4.54. The standard InChI is InChI=1S/C25H30O2P/c1-3-4-19-27-24-17-11-12-18-25(24)28(20-21(2)26,22-13-7-5-8-14-22)23-15-9-6-10-16-23/h5-18,21,26H,3-4,19-20H2,1-2H3/q+1. The monoisotopic (exact) mass is 393 g/mol. The number of rotatable bonds is 9. The van der Waals surface area contributed by atoms with Crippen LogP contribution in [0.15, 0.2) is 84.9 Å². The van der Waals surface area contributed by atoms with E-state index in [0.29, 0.717) is 12.8 Å². The molecule has 1 unspecified atom stereocenters. The molecule has 3 heteroatoms. The van der Waals surface area contributed by atoms with Crippen molar-refractivity contribution in [1.29, 1.82) is 0 Å². The first kappa shape index (κ1) is 20.6. The lowest BCUT2D eigenvalue weighted by Crippen LogP contribution is -2.37. The van der Waals surface area contributed by atoms with Crippen LogP contribution in [0.1, 0.15) is 26.7 Å². The Morgan fingerprint density at radius 3 is 1.89 bits per heavy atom. The van der Waals surface area contributed by atoms with Gasteiger partial charge in [0.1, 0.15) is 23.2 Å². The van der Waals surface area contributed by atoms with Gasteiger partial charge in [-0.3, -0.25) is 0 Å². The lowest BCUT2D eigenvalue weighted by molar-refractivity contribution is 0.219. The van der Waals surface area contributed by atoms with E-state index in [4.69, 9.17) is 4.74 Å². The molecule has 1 N–H and O–H groups in total. The molecule has 0 aliphatic rings. The lowest BCUT2D eigenvalue weighted by atomic mass is 10.3. The second kappa shape index (κ2) is 9.87. The molecule has 0 aliphatic heterocycles. The van der Waals surface area contributed by atoms with Crippen LogP contribution in [0.2, 0.25) is 0 Å². The average Bonchev–Trinajstić information content (AvgIpc) is 2.74. The van der Waals surface area contributed by atoms with Crippen LogP contribution in [0.25, 0.3) is 0 Å². The molecule has 0 heterocycles. The van der Waals surface area contributed by atoms with Gasteiger partial charge in [0, 0.05) is 0 Å². The van der Waals surface area contributed by atoms with Crippen LogP contribution >= 0.6 is 7.26 Å². The van der Waals surface area contributed by atoms with Crippen LogP contribution in [0.4, 0.5) is 0 Å². The number of benzene rings is 3. The van der Waals surface area contributed by atoms with E-state index in [-0.39, 0.29) is 0 Å². The number of para-hydroxylation sites is 1. The van der Waals surface area contributed by atoms with Crippen molar-refractivity contribution in [3.05, 3.63) is 84.9 Å². The summed E-state index contributed by atoms with van der Waals surface area (Å²) in [7, 11) is -2.07. The zero-order valence-electron chi connectivity index (χ0n) is 16.8. The first-order chi connectivity index (χ1) is 13.7. The van der Waals surface area contributed by atoms with Gasteiger partial charge in [-0.25, -0.2) is 0 Å². The molecule has 0 aliphatic carbocycles. The normalized spacial score (nSPS) is 12.5. The Labute approximate surface area is 169 Å². The summed E-state index contributed by atoms with van der Waals surface area (Å²) in [4.78, 5) is 0. The summed E-state index contributed by atoms with van der Waals surface area (Å²) in [6, 6.07) is 29.7. The van der Waals surface area contributed by atoms with Crippen LogP contribution in [-0.2, 0) is 0 Å². The lowest BCUT2D eigenvalue weighted by Gasteiger charge is -2.30. The third-order valence-electron chi connectivity index (χ3n) is 4.96. The van der Waals surface area contributed by atoms with Crippen molar-refractivity contribution < 1.29 is 9.84 Å². The van der Waals surface area contributed by atoms with Crippen LogP contribution in [0, 0.1) is 0 Å². The topological polar surface area (TPSA) is 29.5 Å². The number of ether oxygens (including phenoxy) is 1. The Hall–Kier alpha value is -2.15. The zero-order chi connectivity index (χ0) is 19.8. The maximum Gasteiger partial charge on any atom is 0.162 e. The van der Waals surface area contributed by atoms with Crippen LogP contribution < -0.4 is 20.7 Å². The van der Waals surface area contributed by atoms with Crippen molar-refractivity contribution in [2.45, 2.75) is 32.8 Å². The van der Waals surface area contributed by atoms with E-state index < -0.39 is 13.4 Å². The van der Waals surface area contributed by atoms with Gasteiger partial charge in [-0.1, -0.05) is 61.9 Å². The molecule has 0 fully saturated rings. The minimum absolute atomic E-state index is 0.419. The van der Waals surface area contributed by atoms with Gasteiger partial charge in [-0.15, -0.1) is 0 Å². The summed E-state index contributed by atoms with van der Waals surface area (Å²) in [5.74, 6) is 0.942. The number of aliphatic hydroxyl groups is 1. The van der Waals surface area contributed by atoms with Crippen LogP contribution in [0.5, 0.6) is 5.75 Å². The van der Waals surface area contributed by atoms with E-state index in [0.717, 1.165) is 18.6 Å². The zero-order valence-corrected chi connectivity index (χ0v) is 17.7. The minimum atomic E-state index is -2.07. The van der Waals surface area contributed by atoms with Gasteiger partial charge in [0.15, 0.2) is 5.75 Å². The van der Waals surface area contributed by atoms with Gasteiger partial charge in [0.05, 0.1) is 18.9 Å². The molecule has 0 radical (unpaired) electrons. The number of hydrogen-bond donors (Lipinski definition) is 1. The Balaban J connectivity index is 2.25. The maximum atomic E-state index is 10.6. The van der Waals surface area contributed by atoms with Gasteiger partial charge in [-0.2, -0.15) is 0 Å². The van der Waals surface area contributed by atoms with Crippen molar-refractivity contribution in [3.63, 3.8) is 0 Å². The molecule has 3 rings (SSSR count). The largest absolute Gasteiger partial charge is 0.489 e.